The first-order valence-corrected chi connectivity index (χ1v) is 10.7. The van der Waals surface area contributed by atoms with E-state index in [1.165, 1.54) is 6.08 Å². The molecule has 33 heavy (non-hydrogen) atoms. The van der Waals surface area contributed by atoms with Gasteiger partial charge in [0.05, 0.1) is 6.20 Å². The number of nitrogens with two attached hydrogens (primary N) is 1. The number of hydrogen-bond donors (Lipinski definition) is 2. The van der Waals surface area contributed by atoms with Crippen LogP contribution in [0.1, 0.15) is 29.8 Å². The smallest absolute Gasteiger partial charge is 0.271 e. The highest BCUT2D eigenvalue weighted by molar-refractivity contribution is 5.96. The number of aromatic nitrogens is 4. The Morgan fingerprint density at radius 2 is 1.94 bits per heavy atom. The molecule has 1 aliphatic rings. The second kappa shape index (κ2) is 9.99. The Bertz CT molecular complexity index is 1150. The second-order valence-corrected chi connectivity index (χ2v) is 7.89. The van der Waals surface area contributed by atoms with E-state index in [0.717, 1.165) is 30.6 Å². The zero-order chi connectivity index (χ0) is 23.2. The minimum atomic E-state index is -0.668. The molecule has 4 rings (SSSR count). The number of allylic oxidation sites excluding steroid dienone is 1. The van der Waals surface area contributed by atoms with E-state index in [0.29, 0.717) is 24.6 Å². The summed E-state index contributed by atoms with van der Waals surface area (Å²) < 4.78 is 0. The van der Waals surface area contributed by atoms with E-state index < -0.39 is 5.91 Å². The van der Waals surface area contributed by atoms with E-state index in [1.807, 2.05) is 24.3 Å². The maximum atomic E-state index is 11.9. The number of nitrogens with zero attached hydrogens (tertiary/aromatic N) is 5. The van der Waals surface area contributed by atoms with Crippen molar-refractivity contribution in [3.63, 3.8) is 0 Å². The third-order valence-corrected chi connectivity index (χ3v) is 5.53. The van der Waals surface area contributed by atoms with Crippen LogP contribution in [-0.4, -0.2) is 44.7 Å². The third-order valence-electron chi connectivity index (χ3n) is 5.53. The zero-order valence-corrected chi connectivity index (χ0v) is 18.1. The van der Waals surface area contributed by atoms with Gasteiger partial charge in [-0.3, -0.25) is 9.59 Å². The zero-order valence-electron chi connectivity index (χ0n) is 18.1. The molecule has 1 fully saturated rings. The van der Waals surface area contributed by atoms with E-state index in [9.17, 15) is 9.59 Å². The fraction of sp³-hybridized carbons (Fsp3) is 0.250. The van der Waals surface area contributed by atoms with Crippen LogP contribution < -0.4 is 16.0 Å². The number of piperidine rings is 1. The van der Waals surface area contributed by atoms with E-state index >= 15 is 0 Å². The SMILES string of the molecule is C=CC(=O)C[C@H]1CCCN(c2cnc(C(N)=O)c(Nc3ccc(-c4ncccn4)cc3)n2)C1. The lowest BCUT2D eigenvalue weighted by Gasteiger charge is -2.33. The van der Waals surface area contributed by atoms with E-state index in [1.54, 1.807) is 24.7 Å². The van der Waals surface area contributed by atoms with Crippen molar-refractivity contribution in [1.82, 2.24) is 19.9 Å². The van der Waals surface area contributed by atoms with Gasteiger partial charge in [0.1, 0.15) is 5.82 Å². The number of carbonyl (C=O) groups excluding carboxylic acids is 2. The van der Waals surface area contributed by atoms with E-state index in [2.05, 4.69) is 36.7 Å². The summed E-state index contributed by atoms with van der Waals surface area (Å²) in [5.74, 6) is 1.15. The Balaban J connectivity index is 1.55. The average molecular weight is 444 g/mol. The van der Waals surface area contributed by atoms with Gasteiger partial charge in [-0.1, -0.05) is 6.58 Å². The van der Waals surface area contributed by atoms with Crippen LogP contribution in [0.25, 0.3) is 11.4 Å². The summed E-state index contributed by atoms with van der Waals surface area (Å²) in [5, 5.41) is 3.16. The first-order chi connectivity index (χ1) is 16.0. The average Bonchev–Trinajstić information content (AvgIpc) is 2.85. The van der Waals surface area contributed by atoms with Gasteiger partial charge < -0.3 is 16.0 Å². The maximum absolute atomic E-state index is 11.9. The van der Waals surface area contributed by atoms with Crippen molar-refractivity contribution in [3.05, 3.63) is 67.3 Å². The Labute approximate surface area is 191 Å². The van der Waals surface area contributed by atoms with Crippen molar-refractivity contribution < 1.29 is 9.59 Å². The summed E-state index contributed by atoms with van der Waals surface area (Å²) in [6.45, 7) is 5.05. The van der Waals surface area contributed by atoms with Crippen molar-refractivity contribution in [2.75, 3.05) is 23.3 Å². The molecule has 9 nitrogen and oxygen atoms in total. The molecule has 0 unspecified atom stereocenters. The summed E-state index contributed by atoms with van der Waals surface area (Å²) in [6, 6.07) is 9.22. The topological polar surface area (TPSA) is 127 Å². The molecule has 0 saturated carbocycles. The van der Waals surface area contributed by atoms with Crippen molar-refractivity contribution in [3.8, 4) is 11.4 Å². The number of ketones is 1. The number of carbonyl (C=O) groups is 2. The van der Waals surface area contributed by atoms with Crippen LogP contribution in [0.3, 0.4) is 0 Å². The molecule has 1 atom stereocenters. The van der Waals surface area contributed by atoms with Crippen LogP contribution in [0.2, 0.25) is 0 Å². The van der Waals surface area contributed by atoms with Gasteiger partial charge in [0.15, 0.2) is 23.1 Å². The van der Waals surface area contributed by atoms with Crippen LogP contribution in [0.4, 0.5) is 17.3 Å². The monoisotopic (exact) mass is 443 g/mol. The quantitative estimate of drug-likeness (QED) is 0.508. The molecule has 3 aromatic rings. The molecule has 0 bridgehead atoms. The molecule has 0 radical (unpaired) electrons. The maximum Gasteiger partial charge on any atom is 0.271 e. The molecular formula is C24H25N7O2. The van der Waals surface area contributed by atoms with Crippen LogP contribution in [0.5, 0.6) is 0 Å². The van der Waals surface area contributed by atoms with Crippen molar-refractivity contribution in [1.29, 1.82) is 0 Å². The van der Waals surface area contributed by atoms with E-state index in [-0.39, 0.29) is 23.2 Å². The molecule has 2 aromatic heterocycles. The molecule has 1 amide bonds. The van der Waals surface area contributed by atoms with Crippen LogP contribution >= 0.6 is 0 Å². The lowest BCUT2D eigenvalue weighted by atomic mass is 9.93. The number of nitrogens with one attached hydrogen (secondary N) is 1. The lowest BCUT2D eigenvalue weighted by molar-refractivity contribution is -0.115. The van der Waals surface area contributed by atoms with Gasteiger partial charge in [-0.05, 0) is 55.2 Å². The largest absolute Gasteiger partial charge is 0.364 e. The van der Waals surface area contributed by atoms with Gasteiger partial charge >= 0.3 is 0 Å². The molecule has 3 N–H and O–H groups in total. The number of hydrogen-bond acceptors (Lipinski definition) is 8. The van der Waals surface area contributed by atoms with Crippen LogP contribution in [-0.2, 0) is 4.79 Å². The second-order valence-electron chi connectivity index (χ2n) is 7.89. The Morgan fingerprint density at radius 3 is 2.64 bits per heavy atom. The van der Waals surface area contributed by atoms with Gasteiger partial charge in [0.25, 0.3) is 5.91 Å². The number of rotatable bonds is 8. The first kappa shape index (κ1) is 22.1. The molecule has 3 heterocycles. The fourth-order valence-electron chi connectivity index (χ4n) is 3.89. The number of primary amides is 1. The molecule has 168 valence electrons. The molecule has 1 aliphatic heterocycles. The molecule has 9 heteroatoms. The van der Waals surface area contributed by atoms with Crippen molar-refractivity contribution in [2.24, 2.45) is 11.7 Å². The fourth-order valence-corrected chi connectivity index (χ4v) is 3.89. The summed E-state index contributed by atoms with van der Waals surface area (Å²) in [6.07, 6.45) is 8.69. The van der Waals surface area contributed by atoms with Gasteiger partial charge in [-0.25, -0.2) is 19.9 Å². The highest BCUT2D eigenvalue weighted by atomic mass is 16.1. The molecule has 1 saturated heterocycles. The number of benzene rings is 1. The molecule has 1 aromatic carbocycles. The van der Waals surface area contributed by atoms with Crippen molar-refractivity contribution >= 4 is 29.0 Å². The van der Waals surface area contributed by atoms with Gasteiger partial charge in [0, 0.05) is 43.2 Å². The lowest BCUT2D eigenvalue weighted by Crippen LogP contribution is -2.37. The highest BCUT2D eigenvalue weighted by Crippen LogP contribution is 2.27. The minimum absolute atomic E-state index is 0.0451. The normalized spacial score (nSPS) is 15.6. The Kier molecular flexibility index (Phi) is 6.68. The standard InChI is InChI=1S/C24H25N7O2/c1-2-19(32)13-16-5-3-12-31(15-16)20-14-28-21(22(25)33)24(30-20)29-18-8-6-17(7-9-18)23-26-10-4-11-27-23/h2,4,6-11,14,16H,1,3,5,12-13,15H2,(H2,25,33)(H,29,30)/t16-/m1/s1. The molecule has 0 aliphatic carbocycles. The summed E-state index contributed by atoms with van der Waals surface area (Å²) in [7, 11) is 0. The van der Waals surface area contributed by atoms with Crippen LogP contribution in [0, 0.1) is 5.92 Å². The first-order valence-electron chi connectivity index (χ1n) is 10.7. The number of amides is 1. The summed E-state index contributed by atoms with van der Waals surface area (Å²) >= 11 is 0. The van der Waals surface area contributed by atoms with Gasteiger partial charge in [-0.2, -0.15) is 0 Å². The predicted octanol–water partition coefficient (Wildman–Crippen LogP) is 3.14. The summed E-state index contributed by atoms with van der Waals surface area (Å²) in [5.41, 5.74) is 7.17. The highest BCUT2D eigenvalue weighted by Gasteiger charge is 2.24. The van der Waals surface area contributed by atoms with Crippen LogP contribution in [0.15, 0.2) is 61.6 Å². The molecular weight excluding hydrogens is 418 g/mol. The Hall–Kier alpha value is -4.14. The Morgan fingerprint density at radius 1 is 1.18 bits per heavy atom. The van der Waals surface area contributed by atoms with Gasteiger partial charge in [-0.15, -0.1) is 0 Å². The minimum Gasteiger partial charge on any atom is -0.364 e. The van der Waals surface area contributed by atoms with E-state index in [4.69, 9.17) is 5.73 Å². The van der Waals surface area contributed by atoms with Crippen molar-refractivity contribution in [2.45, 2.75) is 19.3 Å². The number of anilines is 3. The third kappa shape index (κ3) is 5.38. The summed E-state index contributed by atoms with van der Waals surface area (Å²) in [4.78, 5) is 43.2. The molecule has 0 spiro atoms. The predicted molar refractivity (Wildman–Crippen MR) is 126 cm³/mol. The van der Waals surface area contributed by atoms with Gasteiger partial charge in [0.2, 0.25) is 0 Å².